The SMILES string of the molecule is COc1ccccc1-c1cc2nccc(N[C@@H]3C[C@H](COSN)CC3OC(C)(C)O)c2o1. The number of nitrogens with two attached hydrogens (primary N) is 1. The number of nitrogens with zero attached hydrogens (tertiary/aromatic N) is 1. The molecule has 8 nitrogen and oxygen atoms in total. The number of hydrogen-bond donors (Lipinski definition) is 3. The molecule has 32 heavy (non-hydrogen) atoms. The average Bonchev–Trinajstić information content (AvgIpc) is 3.35. The van der Waals surface area contributed by atoms with E-state index in [1.165, 1.54) is 0 Å². The molecule has 1 unspecified atom stereocenters. The topological polar surface area (TPSA) is 112 Å². The first-order valence-electron chi connectivity index (χ1n) is 10.5. The van der Waals surface area contributed by atoms with Gasteiger partial charge in [-0.3, -0.25) is 10.1 Å². The number of ether oxygens (including phenoxy) is 2. The number of methoxy groups -OCH3 is 1. The van der Waals surface area contributed by atoms with Crippen LogP contribution in [0.4, 0.5) is 5.69 Å². The second kappa shape index (κ2) is 9.68. The van der Waals surface area contributed by atoms with E-state index in [2.05, 4.69) is 10.3 Å². The van der Waals surface area contributed by atoms with E-state index >= 15 is 0 Å². The van der Waals surface area contributed by atoms with Gasteiger partial charge in [0.1, 0.15) is 17.0 Å². The summed E-state index contributed by atoms with van der Waals surface area (Å²) in [4.78, 5) is 4.47. The Kier molecular flexibility index (Phi) is 6.92. The van der Waals surface area contributed by atoms with Crippen LogP contribution in [-0.4, -0.2) is 41.7 Å². The maximum Gasteiger partial charge on any atom is 0.176 e. The summed E-state index contributed by atoms with van der Waals surface area (Å²) in [6.07, 6.45) is 3.11. The van der Waals surface area contributed by atoms with Crippen molar-refractivity contribution in [3.63, 3.8) is 0 Å². The zero-order valence-corrected chi connectivity index (χ0v) is 19.2. The highest BCUT2D eigenvalue weighted by Gasteiger charge is 2.38. The third-order valence-electron chi connectivity index (χ3n) is 5.54. The summed E-state index contributed by atoms with van der Waals surface area (Å²) in [6, 6.07) is 11.5. The van der Waals surface area contributed by atoms with Crippen LogP contribution >= 0.6 is 12.2 Å². The average molecular weight is 460 g/mol. The summed E-state index contributed by atoms with van der Waals surface area (Å²) in [5.41, 5.74) is 3.08. The van der Waals surface area contributed by atoms with Gasteiger partial charge in [0.15, 0.2) is 11.4 Å². The first-order valence-corrected chi connectivity index (χ1v) is 11.4. The standard InChI is InChI=1S/C23H29N3O5S/c1-23(2,27)31-21-11-14(13-29-32-24)10-17(21)26-16-8-9-25-18-12-20(30-22(16)18)15-6-4-5-7-19(15)28-3/h4-9,12,14,17,21,27H,10-11,13,24H2,1-3H3,(H,25,26)/t14-,17+,21?/m0/s1. The van der Waals surface area contributed by atoms with Crippen LogP contribution in [0.5, 0.6) is 5.75 Å². The molecule has 0 saturated heterocycles. The molecule has 1 aliphatic rings. The molecule has 1 saturated carbocycles. The molecule has 3 atom stereocenters. The van der Waals surface area contributed by atoms with Crippen molar-refractivity contribution in [1.29, 1.82) is 0 Å². The fourth-order valence-electron chi connectivity index (χ4n) is 4.26. The van der Waals surface area contributed by atoms with Gasteiger partial charge in [0, 0.05) is 12.3 Å². The summed E-state index contributed by atoms with van der Waals surface area (Å²) >= 11 is 0.869. The van der Waals surface area contributed by atoms with Crippen molar-refractivity contribution in [2.75, 3.05) is 19.0 Å². The maximum atomic E-state index is 10.2. The minimum absolute atomic E-state index is 0.0387. The minimum atomic E-state index is -1.24. The number of hydrogen-bond acceptors (Lipinski definition) is 9. The molecule has 1 fully saturated rings. The molecule has 0 radical (unpaired) electrons. The van der Waals surface area contributed by atoms with Gasteiger partial charge in [-0.25, -0.2) is 0 Å². The van der Waals surface area contributed by atoms with Gasteiger partial charge >= 0.3 is 0 Å². The number of benzene rings is 1. The molecule has 2 heterocycles. The van der Waals surface area contributed by atoms with Gasteiger partial charge in [0.25, 0.3) is 0 Å². The van der Waals surface area contributed by atoms with Crippen LogP contribution in [0.1, 0.15) is 26.7 Å². The first kappa shape index (κ1) is 22.9. The molecule has 1 aromatic carbocycles. The molecule has 4 rings (SSSR count). The Morgan fingerprint density at radius 2 is 2.09 bits per heavy atom. The lowest BCUT2D eigenvalue weighted by Gasteiger charge is -2.28. The van der Waals surface area contributed by atoms with E-state index in [4.69, 9.17) is 23.2 Å². The lowest BCUT2D eigenvalue weighted by Crippen LogP contribution is -2.38. The Labute approximate surface area is 191 Å². The second-order valence-corrected chi connectivity index (χ2v) is 8.88. The van der Waals surface area contributed by atoms with Crippen molar-refractivity contribution in [2.24, 2.45) is 11.1 Å². The van der Waals surface area contributed by atoms with Crippen molar-refractivity contribution in [2.45, 2.75) is 44.6 Å². The Morgan fingerprint density at radius 1 is 1.28 bits per heavy atom. The van der Waals surface area contributed by atoms with Gasteiger partial charge in [0.05, 0.1) is 49.3 Å². The fraction of sp³-hybridized carbons (Fsp3) is 0.435. The third kappa shape index (κ3) is 5.19. The molecule has 0 spiro atoms. The van der Waals surface area contributed by atoms with Crippen molar-refractivity contribution in [3.8, 4) is 17.1 Å². The molecular formula is C23H29N3O5S. The van der Waals surface area contributed by atoms with E-state index in [1.54, 1.807) is 27.2 Å². The summed E-state index contributed by atoms with van der Waals surface area (Å²) in [6.45, 7) is 3.80. The molecule has 0 amide bonds. The van der Waals surface area contributed by atoms with Gasteiger partial charge in [0.2, 0.25) is 0 Å². The third-order valence-corrected chi connectivity index (χ3v) is 5.81. The number of para-hydroxylation sites is 1. The van der Waals surface area contributed by atoms with Crippen molar-refractivity contribution < 1.29 is 23.2 Å². The Morgan fingerprint density at radius 3 is 2.84 bits per heavy atom. The van der Waals surface area contributed by atoms with E-state index in [-0.39, 0.29) is 18.1 Å². The van der Waals surface area contributed by atoms with Crippen LogP contribution < -0.4 is 15.2 Å². The summed E-state index contributed by atoms with van der Waals surface area (Å²) in [7, 11) is 1.64. The van der Waals surface area contributed by atoms with Gasteiger partial charge in [-0.2, -0.15) is 0 Å². The van der Waals surface area contributed by atoms with E-state index < -0.39 is 5.79 Å². The zero-order valence-electron chi connectivity index (χ0n) is 18.4. The monoisotopic (exact) mass is 459 g/mol. The van der Waals surface area contributed by atoms with Crippen LogP contribution in [0.2, 0.25) is 0 Å². The summed E-state index contributed by atoms with van der Waals surface area (Å²) in [5.74, 6) is 0.435. The lowest BCUT2D eigenvalue weighted by atomic mass is 10.1. The maximum absolute atomic E-state index is 10.2. The minimum Gasteiger partial charge on any atom is -0.496 e. The molecule has 0 bridgehead atoms. The van der Waals surface area contributed by atoms with Crippen LogP contribution in [-0.2, 0) is 8.92 Å². The predicted molar refractivity (Wildman–Crippen MR) is 125 cm³/mol. The highest BCUT2D eigenvalue weighted by molar-refractivity contribution is 7.92. The zero-order chi connectivity index (χ0) is 22.7. The lowest BCUT2D eigenvalue weighted by molar-refractivity contribution is -0.205. The number of pyridine rings is 1. The molecule has 3 aromatic rings. The summed E-state index contributed by atoms with van der Waals surface area (Å²) in [5, 5.41) is 19.2. The van der Waals surface area contributed by atoms with Crippen LogP contribution in [0, 0.1) is 5.92 Å². The summed E-state index contributed by atoms with van der Waals surface area (Å²) < 4.78 is 23.0. The number of rotatable bonds is 9. The number of aromatic nitrogens is 1. The highest BCUT2D eigenvalue weighted by atomic mass is 32.2. The van der Waals surface area contributed by atoms with Crippen molar-refractivity contribution in [3.05, 3.63) is 42.6 Å². The number of fused-ring (bicyclic) bond motifs is 1. The van der Waals surface area contributed by atoms with Gasteiger partial charge < -0.3 is 28.5 Å². The highest BCUT2D eigenvalue weighted by Crippen LogP contribution is 2.38. The molecule has 9 heteroatoms. The van der Waals surface area contributed by atoms with Crippen molar-refractivity contribution in [1.82, 2.24) is 4.98 Å². The smallest absolute Gasteiger partial charge is 0.176 e. The number of nitrogens with one attached hydrogen (secondary N) is 1. The van der Waals surface area contributed by atoms with Crippen LogP contribution in [0.3, 0.4) is 0 Å². The normalized spacial score (nSPS) is 21.2. The van der Waals surface area contributed by atoms with Crippen LogP contribution in [0.25, 0.3) is 22.4 Å². The number of aliphatic hydroxyl groups is 1. The predicted octanol–water partition coefficient (Wildman–Crippen LogP) is 4.35. The second-order valence-electron chi connectivity index (χ2n) is 8.46. The molecule has 172 valence electrons. The van der Waals surface area contributed by atoms with E-state index in [0.717, 1.165) is 47.6 Å². The van der Waals surface area contributed by atoms with Gasteiger partial charge in [-0.05, 0) is 50.8 Å². The van der Waals surface area contributed by atoms with Gasteiger partial charge in [-0.15, -0.1) is 0 Å². The number of furan rings is 1. The Hall–Kier alpha value is -2.30. The van der Waals surface area contributed by atoms with E-state index in [1.807, 2.05) is 36.4 Å². The first-order chi connectivity index (χ1) is 15.4. The molecule has 4 N–H and O–H groups in total. The van der Waals surface area contributed by atoms with E-state index in [0.29, 0.717) is 18.0 Å². The molecule has 1 aliphatic carbocycles. The Bertz CT molecular complexity index is 1050. The molecule has 2 aromatic heterocycles. The molecular weight excluding hydrogens is 430 g/mol. The fourth-order valence-corrected chi connectivity index (χ4v) is 4.53. The number of anilines is 1. The quantitative estimate of drug-likeness (QED) is 0.244. The molecule has 0 aliphatic heterocycles. The van der Waals surface area contributed by atoms with E-state index in [9.17, 15) is 5.11 Å². The van der Waals surface area contributed by atoms with Crippen molar-refractivity contribution >= 4 is 29.0 Å². The van der Waals surface area contributed by atoms with Crippen LogP contribution in [0.15, 0.2) is 47.0 Å². The largest absolute Gasteiger partial charge is 0.496 e. The Balaban J connectivity index is 1.62. The van der Waals surface area contributed by atoms with Gasteiger partial charge in [-0.1, -0.05) is 12.1 Å².